The van der Waals surface area contributed by atoms with Gasteiger partial charge in [-0.05, 0) is 47.9 Å². The molecule has 2 aliphatic heterocycles. The van der Waals surface area contributed by atoms with Gasteiger partial charge in [-0.2, -0.15) is 11.8 Å². The van der Waals surface area contributed by atoms with E-state index < -0.39 is 6.10 Å². The number of fused-ring (bicyclic) bond motifs is 1. The number of ether oxygens (including phenoxy) is 1. The van der Waals surface area contributed by atoms with E-state index in [0.29, 0.717) is 19.6 Å². The summed E-state index contributed by atoms with van der Waals surface area (Å²) in [5, 5.41) is 0.221. The van der Waals surface area contributed by atoms with Gasteiger partial charge >= 0.3 is 0 Å². The van der Waals surface area contributed by atoms with Crippen LogP contribution >= 0.6 is 11.8 Å². The van der Waals surface area contributed by atoms with E-state index in [0.717, 1.165) is 17.5 Å². The zero-order valence-corrected chi connectivity index (χ0v) is 16.7. The maximum absolute atomic E-state index is 13.5. The molecule has 2 aromatic carbocycles. The number of benzene rings is 2. The summed E-state index contributed by atoms with van der Waals surface area (Å²) in [5.41, 5.74) is 9.50. The smallest absolute Gasteiger partial charge is 0.252 e. The molecule has 0 aromatic heterocycles. The van der Waals surface area contributed by atoms with Crippen molar-refractivity contribution in [2.75, 3.05) is 19.4 Å². The van der Waals surface area contributed by atoms with Crippen LogP contribution < -0.4 is 5.73 Å². The second-order valence-corrected chi connectivity index (χ2v) is 8.51. The Kier molecular flexibility index (Phi) is 5.71. The molecule has 2 N–H and O–H groups in total. The van der Waals surface area contributed by atoms with Crippen LogP contribution in [0.25, 0.3) is 0 Å². The third kappa shape index (κ3) is 3.69. The second kappa shape index (κ2) is 8.23. The number of hydrogen-bond acceptors (Lipinski definition) is 4. The van der Waals surface area contributed by atoms with Crippen molar-refractivity contribution in [2.24, 2.45) is 5.73 Å². The van der Waals surface area contributed by atoms with Crippen molar-refractivity contribution in [2.45, 2.75) is 36.3 Å². The Balaban J connectivity index is 1.65. The molecule has 1 amide bonds. The molecule has 1 fully saturated rings. The third-order valence-electron chi connectivity index (χ3n) is 5.76. The van der Waals surface area contributed by atoms with Gasteiger partial charge in [-0.3, -0.25) is 4.79 Å². The van der Waals surface area contributed by atoms with Crippen LogP contribution in [-0.4, -0.2) is 47.6 Å². The van der Waals surface area contributed by atoms with E-state index >= 15 is 0 Å². The number of hydrogen-bond donors (Lipinski definition) is 1. The van der Waals surface area contributed by atoms with Gasteiger partial charge in [-0.15, -0.1) is 0 Å². The van der Waals surface area contributed by atoms with E-state index in [4.69, 9.17) is 10.5 Å². The summed E-state index contributed by atoms with van der Waals surface area (Å²) in [6.07, 6.45) is 2.82. The molecule has 1 saturated heterocycles. The highest BCUT2D eigenvalue weighted by Crippen LogP contribution is 2.36. The fourth-order valence-corrected chi connectivity index (χ4v) is 4.89. The number of rotatable bonds is 3. The van der Waals surface area contributed by atoms with Crippen molar-refractivity contribution in [3.05, 3.63) is 71.0 Å². The Morgan fingerprint density at radius 1 is 1.21 bits per heavy atom. The molecule has 2 aliphatic rings. The Morgan fingerprint density at radius 3 is 2.68 bits per heavy atom. The topological polar surface area (TPSA) is 55.6 Å². The highest BCUT2D eigenvalue weighted by atomic mass is 32.2. The molecule has 0 unspecified atom stereocenters. The van der Waals surface area contributed by atoms with Crippen molar-refractivity contribution in [1.82, 2.24) is 4.90 Å². The fraction of sp³-hybridized carbons (Fsp3) is 0.409. The van der Waals surface area contributed by atoms with Crippen molar-refractivity contribution in [3.8, 4) is 0 Å². The lowest BCUT2D eigenvalue weighted by atomic mass is 9.87. The number of carbonyl (C=O) groups is 1. The van der Waals surface area contributed by atoms with Gasteiger partial charge in [0.15, 0.2) is 0 Å². The molecular weight excluding hydrogens is 375 g/mol. The molecule has 0 saturated carbocycles. The highest BCUT2D eigenvalue weighted by Gasteiger charge is 2.39. The zero-order chi connectivity index (χ0) is 19.7. The van der Waals surface area contributed by atoms with Gasteiger partial charge in [0.25, 0.3) is 5.91 Å². The first-order valence-corrected chi connectivity index (χ1v) is 10.9. The molecule has 4 atom stereocenters. The summed E-state index contributed by atoms with van der Waals surface area (Å²) in [6, 6.07) is 14.3. The summed E-state index contributed by atoms with van der Waals surface area (Å²) < 4.78 is 19.4. The molecule has 2 heterocycles. The van der Waals surface area contributed by atoms with Gasteiger partial charge < -0.3 is 15.4 Å². The lowest BCUT2D eigenvalue weighted by Gasteiger charge is -2.41. The van der Waals surface area contributed by atoms with E-state index in [1.807, 2.05) is 23.3 Å². The number of amides is 1. The first-order valence-electron chi connectivity index (χ1n) is 9.62. The quantitative estimate of drug-likeness (QED) is 0.860. The number of thioether (sulfide) groups is 1. The van der Waals surface area contributed by atoms with E-state index in [1.54, 1.807) is 23.9 Å². The molecule has 0 spiro atoms. The van der Waals surface area contributed by atoms with Crippen LogP contribution in [0.5, 0.6) is 0 Å². The standard InChI is InChI=1S/C22H25FN2O2S/c1-28-20-13-27-19(12-18(20)24)22(26)25-11-10-14-4-2-3-5-17(14)21(25)15-6-8-16(23)9-7-15/h2-9,18-21H,10-13,24H2,1H3/t18-,19+,20+,21-/m0/s1. The van der Waals surface area contributed by atoms with Crippen LogP contribution in [0.3, 0.4) is 0 Å². The zero-order valence-electron chi connectivity index (χ0n) is 15.9. The molecule has 6 heteroatoms. The molecule has 4 nitrogen and oxygen atoms in total. The molecule has 2 aromatic rings. The second-order valence-electron chi connectivity index (χ2n) is 7.43. The maximum Gasteiger partial charge on any atom is 0.252 e. The van der Waals surface area contributed by atoms with E-state index in [-0.39, 0.29) is 29.1 Å². The van der Waals surface area contributed by atoms with Gasteiger partial charge in [0.05, 0.1) is 12.6 Å². The number of halogens is 1. The summed E-state index contributed by atoms with van der Waals surface area (Å²) >= 11 is 1.68. The van der Waals surface area contributed by atoms with Gasteiger partial charge in [-0.1, -0.05) is 36.4 Å². The first kappa shape index (κ1) is 19.4. The minimum atomic E-state index is -0.522. The lowest BCUT2D eigenvalue weighted by molar-refractivity contribution is -0.149. The largest absolute Gasteiger partial charge is 0.367 e. The molecule has 0 radical (unpaired) electrons. The van der Waals surface area contributed by atoms with E-state index in [9.17, 15) is 9.18 Å². The summed E-state index contributed by atoms with van der Waals surface area (Å²) in [4.78, 5) is 15.3. The minimum absolute atomic E-state index is 0.0289. The molecule has 28 heavy (non-hydrogen) atoms. The molecule has 4 rings (SSSR count). The SMILES string of the molecule is CS[C@@H]1CO[C@@H](C(=O)N2CCc3ccccc3[C@@H]2c2ccc(F)cc2)C[C@@H]1N. The number of carbonyl (C=O) groups excluding carboxylic acids is 1. The molecule has 0 aliphatic carbocycles. The van der Waals surface area contributed by atoms with Crippen molar-refractivity contribution in [3.63, 3.8) is 0 Å². The molecular formula is C22H25FN2O2S. The first-order chi connectivity index (χ1) is 13.6. The minimum Gasteiger partial charge on any atom is -0.367 e. The predicted molar refractivity (Wildman–Crippen MR) is 110 cm³/mol. The Hall–Kier alpha value is -1.89. The number of nitrogens with two attached hydrogens (primary N) is 1. The Morgan fingerprint density at radius 2 is 1.96 bits per heavy atom. The summed E-state index contributed by atoms with van der Waals surface area (Å²) in [7, 11) is 0. The molecule has 0 bridgehead atoms. The van der Waals surface area contributed by atoms with Crippen molar-refractivity contribution < 1.29 is 13.9 Å². The molecule has 148 valence electrons. The lowest BCUT2D eigenvalue weighted by Crippen LogP contribution is -2.53. The van der Waals surface area contributed by atoms with Crippen LogP contribution in [0.15, 0.2) is 48.5 Å². The van der Waals surface area contributed by atoms with Crippen LogP contribution in [0, 0.1) is 5.82 Å². The summed E-state index contributed by atoms with van der Waals surface area (Å²) in [5.74, 6) is -0.311. The van der Waals surface area contributed by atoms with Crippen LogP contribution in [0.1, 0.15) is 29.2 Å². The van der Waals surface area contributed by atoms with E-state index in [2.05, 4.69) is 12.1 Å². The number of nitrogens with zero attached hydrogens (tertiary/aromatic N) is 1. The van der Waals surface area contributed by atoms with Crippen LogP contribution in [0.4, 0.5) is 4.39 Å². The Bertz CT molecular complexity index is 845. The average molecular weight is 401 g/mol. The van der Waals surface area contributed by atoms with Gasteiger partial charge in [-0.25, -0.2) is 4.39 Å². The van der Waals surface area contributed by atoms with Gasteiger partial charge in [0.1, 0.15) is 11.9 Å². The maximum atomic E-state index is 13.5. The normalized spacial score (nSPS) is 27.3. The average Bonchev–Trinajstić information content (AvgIpc) is 2.73. The van der Waals surface area contributed by atoms with Crippen molar-refractivity contribution >= 4 is 17.7 Å². The highest BCUT2D eigenvalue weighted by molar-refractivity contribution is 7.99. The predicted octanol–water partition coefficient (Wildman–Crippen LogP) is 3.15. The van der Waals surface area contributed by atoms with Crippen LogP contribution in [0.2, 0.25) is 0 Å². The monoisotopic (exact) mass is 400 g/mol. The fourth-order valence-electron chi connectivity index (χ4n) is 4.21. The van der Waals surface area contributed by atoms with Gasteiger partial charge in [0.2, 0.25) is 0 Å². The summed E-state index contributed by atoms with van der Waals surface area (Å²) in [6.45, 7) is 1.10. The van der Waals surface area contributed by atoms with Gasteiger partial charge in [0, 0.05) is 17.8 Å². The van der Waals surface area contributed by atoms with Crippen molar-refractivity contribution in [1.29, 1.82) is 0 Å². The van der Waals surface area contributed by atoms with E-state index in [1.165, 1.54) is 17.7 Å². The third-order valence-corrected chi connectivity index (χ3v) is 6.85. The Labute approximate surface area is 169 Å². The van der Waals surface area contributed by atoms with Crippen LogP contribution in [-0.2, 0) is 16.0 Å².